The van der Waals surface area contributed by atoms with Gasteiger partial charge in [0.15, 0.2) is 5.78 Å². The van der Waals surface area contributed by atoms with Crippen LogP contribution in [0.25, 0.3) is 0 Å². The summed E-state index contributed by atoms with van der Waals surface area (Å²) in [4.78, 5) is 11.0. The minimum atomic E-state index is -3.67. The SMILES string of the molecule is CS(=O)(=O)O.O.O.O=C1CNc2ccccc21. The van der Waals surface area contributed by atoms with Crippen molar-refractivity contribution in [2.45, 2.75) is 0 Å². The van der Waals surface area contributed by atoms with Crippen LogP contribution in [-0.2, 0) is 10.1 Å². The molecule has 2 rings (SSSR count). The van der Waals surface area contributed by atoms with Crippen LogP contribution in [-0.4, -0.2) is 42.5 Å². The Morgan fingerprint density at radius 2 is 1.71 bits per heavy atom. The fourth-order valence-corrected chi connectivity index (χ4v) is 1.15. The maximum absolute atomic E-state index is 11.0. The lowest BCUT2D eigenvalue weighted by atomic mass is 10.1. The number of anilines is 1. The third-order valence-corrected chi connectivity index (χ3v) is 1.67. The first kappa shape index (κ1) is 17.9. The van der Waals surface area contributed by atoms with Crippen LogP contribution >= 0.6 is 0 Å². The Morgan fingerprint density at radius 1 is 1.24 bits per heavy atom. The molecular formula is C9H15NO6S. The zero-order valence-corrected chi connectivity index (χ0v) is 9.91. The summed E-state index contributed by atoms with van der Waals surface area (Å²) in [5, 5.41) is 3.00. The van der Waals surface area contributed by atoms with Crippen molar-refractivity contribution in [3.63, 3.8) is 0 Å². The molecule has 1 aliphatic rings. The normalized spacial score (nSPS) is 12.0. The van der Waals surface area contributed by atoms with Gasteiger partial charge in [0, 0.05) is 11.3 Å². The second kappa shape index (κ2) is 6.97. The molecule has 0 aromatic heterocycles. The Labute approximate surface area is 98.8 Å². The van der Waals surface area contributed by atoms with Gasteiger partial charge in [0.05, 0.1) is 12.8 Å². The summed E-state index contributed by atoms with van der Waals surface area (Å²) < 4.78 is 25.9. The summed E-state index contributed by atoms with van der Waals surface area (Å²) >= 11 is 0. The van der Waals surface area contributed by atoms with E-state index in [1.165, 1.54) is 0 Å². The van der Waals surface area contributed by atoms with Crippen molar-refractivity contribution >= 4 is 21.6 Å². The number of Topliss-reactive ketones (excluding diaryl/α,β-unsaturated/α-hetero) is 1. The minimum absolute atomic E-state index is 0. The summed E-state index contributed by atoms with van der Waals surface area (Å²) in [5.41, 5.74) is 1.79. The molecule has 0 atom stereocenters. The van der Waals surface area contributed by atoms with Gasteiger partial charge in [0.25, 0.3) is 10.1 Å². The zero-order chi connectivity index (χ0) is 11.5. The second-order valence-electron chi connectivity index (χ2n) is 3.06. The molecule has 98 valence electrons. The van der Waals surface area contributed by atoms with Gasteiger partial charge in [-0.15, -0.1) is 0 Å². The molecule has 0 fully saturated rings. The highest BCUT2D eigenvalue weighted by Crippen LogP contribution is 2.20. The van der Waals surface area contributed by atoms with E-state index in [0.29, 0.717) is 12.8 Å². The molecule has 0 saturated carbocycles. The van der Waals surface area contributed by atoms with Crippen LogP contribution in [0.1, 0.15) is 10.4 Å². The Morgan fingerprint density at radius 3 is 2.18 bits per heavy atom. The topological polar surface area (TPSA) is 146 Å². The predicted molar refractivity (Wildman–Crippen MR) is 64.0 cm³/mol. The van der Waals surface area contributed by atoms with Gasteiger partial charge in [-0.25, -0.2) is 0 Å². The molecule has 0 bridgehead atoms. The Bertz CT molecular complexity index is 462. The van der Waals surface area contributed by atoms with Gasteiger partial charge < -0.3 is 16.3 Å². The van der Waals surface area contributed by atoms with Crippen LogP contribution in [0.5, 0.6) is 0 Å². The smallest absolute Gasteiger partial charge is 0.261 e. The van der Waals surface area contributed by atoms with Crippen molar-refractivity contribution in [2.75, 3.05) is 18.1 Å². The third-order valence-electron chi connectivity index (χ3n) is 1.67. The van der Waals surface area contributed by atoms with Crippen LogP contribution in [0.3, 0.4) is 0 Å². The van der Waals surface area contributed by atoms with Gasteiger partial charge in [-0.3, -0.25) is 9.35 Å². The molecule has 6 N–H and O–H groups in total. The maximum Gasteiger partial charge on any atom is 0.261 e. The average Bonchev–Trinajstić information content (AvgIpc) is 2.46. The van der Waals surface area contributed by atoms with E-state index in [-0.39, 0.29) is 16.7 Å². The molecule has 0 amide bonds. The maximum atomic E-state index is 11.0. The summed E-state index contributed by atoms with van der Waals surface area (Å²) in [6.07, 6.45) is 0.715. The first-order chi connectivity index (χ1) is 6.88. The minimum Gasteiger partial charge on any atom is -0.412 e. The van der Waals surface area contributed by atoms with Crippen molar-refractivity contribution in [1.82, 2.24) is 0 Å². The van der Waals surface area contributed by atoms with Crippen LogP contribution in [0.15, 0.2) is 24.3 Å². The van der Waals surface area contributed by atoms with Crippen LogP contribution in [0.2, 0.25) is 0 Å². The van der Waals surface area contributed by atoms with Crippen LogP contribution in [0, 0.1) is 0 Å². The quantitative estimate of drug-likeness (QED) is 0.586. The van der Waals surface area contributed by atoms with Crippen LogP contribution < -0.4 is 5.32 Å². The first-order valence-corrected chi connectivity index (χ1v) is 6.01. The molecule has 1 heterocycles. The van der Waals surface area contributed by atoms with Gasteiger partial charge in [-0.2, -0.15) is 8.42 Å². The summed E-state index contributed by atoms with van der Waals surface area (Å²) in [6.45, 7) is 0.458. The summed E-state index contributed by atoms with van der Waals surface area (Å²) in [5.74, 6) is 0.190. The highest BCUT2D eigenvalue weighted by atomic mass is 32.2. The molecule has 0 unspecified atom stereocenters. The zero-order valence-electron chi connectivity index (χ0n) is 9.10. The standard InChI is InChI=1S/C8H7NO.CH4O3S.2H2O/c10-8-5-9-7-4-2-1-3-6(7)8;1-5(2,3)4;;/h1-4,9H,5H2;1H3,(H,2,3,4);2*1H2. The Kier molecular flexibility index (Phi) is 7.33. The second-order valence-corrected chi connectivity index (χ2v) is 4.52. The van der Waals surface area contributed by atoms with Gasteiger partial charge in [0.1, 0.15) is 0 Å². The van der Waals surface area contributed by atoms with E-state index in [1.807, 2.05) is 24.3 Å². The van der Waals surface area contributed by atoms with E-state index < -0.39 is 10.1 Å². The molecule has 1 aromatic carbocycles. The van der Waals surface area contributed by atoms with Gasteiger partial charge in [-0.1, -0.05) is 12.1 Å². The fourth-order valence-electron chi connectivity index (χ4n) is 1.15. The molecule has 0 aliphatic carbocycles. The van der Waals surface area contributed by atoms with Gasteiger partial charge >= 0.3 is 0 Å². The molecule has 7 nitrogen and oxygen atoms in total. The van der Waals surface area contributed by atoms with Gasteiger partial charge in [-0.05, 0) is 12.1 Å². The fraction of sp³-hybridized carbons (Fsp3) is 0.222. The average molecular weight is 265 g/mol. The number of para-hydroxylation sites is 1. The third kappa shape index (κ3) is 6.64. The van der Waals surface area contributed by atoms with Gasteiger partial charge in [0.2, 0.25) is 0 Å². The van der Waals surface area contributed by atoms with Crippen molar-refractivity contribution in [3.05, 3.63) is 29.8 Å². The lowest BCUT2D eigenvalue weighted by Gasteiger charge is -1.92. The molecule has 8 heteroatoms. The highest BCUT2D eigenvalue weighted by Gasteiger charge is 2.16. The molecule has 1 aliphatic heterocycles. The molecule has 0 spiro atoms. The van der Waals surface area contributed by atoms with E-state index in [4.69, 9.17) is 4.55 Å². The molecular weight excluding hydrogens is 250 g/mol. The summed E-state index contributed by atoms with van der Waals surface area (Å²) in [6, 6.07) is 7.56. The molecule has 0 saturated heterocycles. The molecule has 0 radical (unpaired) electrons. The highest BCUT2D eigenvalue weighted by molar-refractivity contribution is 7.85. The van der Waals surface area contributed by atoms with Crippen molar-refractivity contribution in [3.8, 4) is 0 Å². The number of rotatable bonds is 0. The van der Waals surface area contributed by atoms with E-state index >= 15 is 0 Å². The van der Waals surface area contributed by atoms with Crippen molar-refractivity contribution < 1.29 is 28.7 Å². The monoisotopic (exact) mass is 265 g/mol. The van der Waals surface area contributed by atoms with E-state index in [2.05, 4.69) is 5.32 Å². The van der Waals surface area contributed by atoms with E-state index in [9.17, 15) is 13.2 Å². The first-order valence-electron chi connectivity index (χ1n) is 4.16. The van der Waals surface area contributed by atoms with Crippen LogP contribution in [0.4, 0.5) is 5.69 Å². The number of benzene rings is 1. The van der Waals surface area contributed by atoms with E-state index in [1.54, 1.807) is 0 Å². The number of hydrogen-bond donors (Lipinski definition) is 2. The summed E-state index contributed by atoms with van der Waals surface area (Å²) in [7, 11) is -3.67. The number of carbonyl (C=O) groups excluding carboxylic acids is 1. The largest absolute Gasteiger partial charge is 0.412 e. The number of hydrogen-bond acceptors (Lipinski definition) is 4. The Balaban J connectivity index is 0. The lowest BCUT2D eigenvalue weighted by Crippen LogP contribution is -2.00. The Hall–Kier alpha value is -1.48. The number of ketones is 1. The number of carbonyl (C=O) groups is 1. The molecule has 1 aromatic rings. The number of nitrogens with one attached hydrogen (secondary N) is 1. The lowest BCUT2D eigenvalue weighted by molar-refractivity contribution is 0.101. The van der Waals surface area contributed by atoms with Crippen molar-refractivity contribution in [2.24, 2.45) is 0 Å². The van der Waals surface area contributed by atoms with E-state index in [0.717, 1.165) is 11.3 Å². The number of fused-ring (bicyclic) bond motifs is 1. The van der Waals surface area contributed by atoms with Crippen molar-refractivity contribution in [1.29, 1.82) is 0 Å². The molecule has 17 heavy (non-hydrogen) atoms. The predicted octanol–water partition coefficient (Wildman–Crippen LogP) is -0.851.